The first-order chi connectivity index (χ1) is 18.6. The predicted octanol–water partition coefficient (Wildman–Crippen LogP) is 6.09. The summed E-state index contributed by atoms with van der Waals surface area (Å²) in [6, 6.07) is 1.70. The van der Waals surface area contributed by atoms with Gasteiger partial charge >= 0.3 is 6.18 Å². The monoisotopic (exact) mass is 585 g/mol. The van der Waals surface area contributed by atoms with Crippen molar-refractivity contribution in [2.24, 2.45) is 11.7 Å². The molecule has 2 fully saturated rings. The number of ether oxygens (including phenoxy) is 1. The fourth-order valence-corrected chi connectivity index (χ4v) is 5.79. The summed E-state index contributed by atoms with van der Waals surface area (Å²) in [5.41, 5.74) is 5.71. The van der Waals surface area contributed by atoms with Crippen LogP contribution in [0, 0.1) is 5.92 Å². The maximum absolute atomic E-state index is 13.3. The molecule has 0 spiro atoms. The van der Waals surface area contributed by atoms with Crippen molar-refractivity contribution in [3.8, 4) is 0 Å². The van der Waals surface area contributed by atoms with E-state index in [1.54, 1.807) is 6.20 Å². The van der Waals surface area contributed by atoms with Gasteiger partial charge in [0.25, 0.3) is 0 Å². The van der Waals surface area contributed by atoms with Crippen molar-refractivity contribution in [2.75, 3.05) is 23.8 Å². The summed E-state index contributed by atoms with van der Waals surface area (Å²) in [5, 5.41) is 6.03. The molecular formula is C25H28Cl2F3N7O2. The number of primary amides is 1. The maximum Gasteiger partial charge on any atom is 0.416 e. The van der Waals surface area contributed by atoms with Gasteiger partial charge in [-0.05, 0) is 57.1 Å². The molecule has 0 radical (unpaired) electrons. The maximum atomic E-state index is 13.3. The van der Waals surface area contributed by atoms with Crippen LogP contribution < -0.4 is 16.4 Å². The van der Waals surface area contributed by atoms with Crippen LogP contribution in [0.2, 0.25) is 10.0 Å². The van der Waals surface area contributed by atoms with E-state index < -0.39 is 11.7 Å². The van der Waals surface area contributed by atoms with Crippen LogP contribution >= 0.6 is 23.2 Å². The summed E-state index contributed by atoms with van der Waals surface area (Å²) < 4.78 is 47.2. The fourth-order valence-electron chi connectivity index (χ4n) is 5.21. The van der Waals surface area contributed by atoms with Gasteiger partial charge in [-0.15, -0.1) is 0 Å². The summed E-state index contributed by atoms with van der Waals surface area (Å²) in [6.07, 6.45) is 2.15. The Bertz CT molecular complexity index is 1330. The van der Waals surface area contributed by atoms with E-state index in [4.69, 9.17) is 38.7 Å². The van der Waals surface area contributed by atoms with E-state index >= 15 is 0 Å². The van der Waals surface area contributed by atoms with Crippen LogP contribution in [0.5, 0.6) is 0 Å². The second kappa shape index (κ2) is 11.3. The molecule has 3 aromatic rings. The van der Waals surface area contributed by atoms with Crippen LogP contribution in [0.4, 0.5) is 30.8 Å². The third kappa shape index (κ3) is 6.17. The summed E-state index contributed by atoms with van der Waals surface area (Å²) in [7, 11) is 0. The molecule has 1 saturated carbocycles. The smallest absolute Gasteiger partial charge is 0.381 e. The number of aromatic nitrogens is 4. The van der Waals surface area contributed by atoms with Gasteiger partial charge in [0.1, 0.15) is 5.52 Å². The number of hydrogen-bond acceptors (Lipinski definition) is 7. The number of hydrogen-bond donors (Lipinski definition) is 3. The molecule has 14 heteroatoms. The molecule has 5 rings (SSSR count). The first-order valence-electron chi connectivity index (χ1n) is 12.8. The van der Waals surface area contributed by atoms with E-state index in [9.17, 15) is 18.0 Å². The summed E-state index contributed by atoms with van der Waals surface area (Å²) in [4.78, 5) is 25.6. The first kappa shape index (κ1) is 27.7. The van der Waals surface area contributed by atoms with E-state index in [0.717, 1.165) is 38.0 Å². The Balaban J connectivity index is 1.52. The largest absolute Gasteiger partial charge is 0.416 e. The highest BCUT2D eigenvalue weighted by atomic mass is 35.5. The second-order valence-electron chi connectivity index (χ2n) is 9.94. The second-order valence-corrected chi connectivity index (χ2v) is 10.8. The van der Waals surface area contributed by atoms with E-state index in [1.165, 1.54) is 0 Å². The van der Waals surface area contributed by atoms with Crippen LogP contribution in [0.1, 0.15) is 56.6 Å². The Morgan fingerprint density at radius 1 is 1.05 bits per heavy atom. The Hall–Kier alpha value is -2.83. The molecule has 2 aliphatic rings. The molecular weight excluding hydrogens is 558 g/mol. The zero-order chi connectivity index (χ0) is 27.7. The summed E-state index contributed by atoms with van der Waals surface area (Å²) >= 11 is 12.5. The topological polar surface area (TPSA) is 120 Å². The van der Waals surface area contributed by atoms with Gasteiger partial charge in [0, 0.05) is 31.2 Å². The molecule has 4 N–H and O–H groups in total. The number of imidazole rings is 1. The molecule has 1 amide bonds. The van der Waals surface area contributed by atoms with Crippen LogP contribution in [-0.2, 0) is 15.7 Å². The fraction of sp³-hybridized carbons (Fsp3) is 0.520. The third-order valence-electron chi connectivity index (χ3n) is 7.29. The number of carbonyl (C=O) groups excluding carboxylic acids is 1. The van der Waals surface area contributed by atoms with Gasteiger partial charge in [-0.25, -0.2) is 9.97 Å². The van der Waals surface area contributed by atoms with Gasteiger partial charge in [-0.1, -0.05) is 23.2 Å². The minimum Gasteiger partial charge on any atom is -0.381 e. The molecule has 1 unspecified atom stereocenters. The predicted molar refractivity (Wildman–Crippen MR) is 142 cm³/mol. The van der Waals surface area contributed by atoms with Crippen LogP contribution in [0.15, 0.2) is 18.3 Å². The van der Waals surface area contributed by atoms with E-state index in [1.807, 2.05) is 4.57 Å². The molecule has 1 aliphatic carbocycles. The normalized spacial score (nSPS) is 22.4. The van der Waals surface area contributed by atoms with Crippen LogP contribution in [0.25, 0.3) is 11.2 Å². The number of fused-ring (bicyclic) bond motifs is 1. The van der Waals surface area contributed by atoms with Gasteiger partial charge < -0.3 is 21.1 Å². The lowest BCUT2D eigenvalue weighted by Gasteiger charge is -2.29. The number of nitrogens with one attached hydrogen (secondary N) is 2. The molecule has 39 heavy (non-hydrogen) atoms. The third-order valence-corrected chi connectivity index (χ3v) is 7.88. The highest BCUT2D eigenvalue weighted by Gasteiger charge is 2.33. The number of amides is 1. The minimum atomic E-state index is -4.60. The number of alkyl halides is 3. The van der Waals surface area contributed by atoms with Gasteiger partial charge in [0.05, 0.1) is 27.5 Å². The lowest BCUT2D eigenvalue weighted by Crippen LogP contribution is -2.29. The van der Waals surface area contributed by atoms with Crippen molar-refractivity contribution in [1.29, 1.82) is 0 Å². The number of rotatable bonds is 6. The Morgan fingerprint density at radius 2 is 1.77 bits per heavy atom. The highest BCUT2D eigenvalue weighted by molar-refractivity contribution is 6.39. The summed E-state index contributed by atoms with van der Waals surface area (Å²) in [6.45, 7) is 1.38. The van der Waals surface area contributed by atoms with E-state index in [2.05, 4.69) is 20.6 Å². The minimum absolute atomic E-state index is 0.0958. The van der Waals surface area contributed by atoms with E-state index in [0.29, 0.717) is 55.4 Å². The van der Waals surface area contributed by atoms with Crippen molar-refractivity contribution < 1.29 is 22.7 Å². The van der Waals surface area contributed by atoms with Crippen molar-refractivity contribution >= 4 is 57.9 Å². The van der Waals surface area contributed by atoms with Crippen molar-refractivity contribution in [1.82, 2.24) is 19.5 Å². The first-order valence-corrected chi connectivity index (χ1v) is 13.6. The molecule has 210 valence electrons. The lowest BCUT2D eigenvalue weighted by molar-refractivity contribution is -0.137. The van der Waals surface area contributed by atoms with Crippen molar-refractivity contribution in [3.05, 3.63) is 33.9 Å². The number of carbonyl (C=O) groups is 1. The molecule has 2 aromatic heterocycles. The van der Waals surface area contributed by atoms with Gasteiger partial charge in [0.2, 0.25) is 17.8 Å². The molecule has 1 atom stereocenters. The lowest BCUT2D eigenvalue weighted by atomic mass is 9.85. The number of anilines is 3. The van der Waals surface area contributed by atoms with Crippen LogP contribution in [0.3, 0.4) is 0 Å². The zero-order valence-electron chi connectivity index (χ0n) is 20.9. The molecule has 1 aromatic carbocycles. The molecule has 0 bridgehead atoms. The highest BCUT2D eigenvalue weighted by Crippen LogP contribution is 2.42. The molecule has 1 saturated heterocycles. The Kier molecular flexibility index (Phi) is 8.06. The molecule has 3 heterocycles. The number of benzene rings is 1. The number of halogens is 5. The van der Waals surface area contributed by atoms with Gasteiger partial charge in [-0.2, -0.15) is 18.2 Å². The zero-order valence-corrected chi connectivity index (χ0v) is 22.4. The van der Waals surface area contributed by atoms with Crippen molar-refractivity contribution in [3.63, 3.8) is 0 Å². The van der Waals surface area contributed by atoms with Gasteiger partial charge in [-0.3, -0.25) is 9.36 Å². The number of nitrogens with two attached hydrogens (primary N) is 1. The quantitative estimate of drug-likeness (QED) is 0.320. The molecule has 9 nitrogen and oxygen atoms in total. The average Bonchev–Trinajstić information content (AvgIpc) is 3.03. The van der Waals surface area contributed by atoms with E-state index in [-0.39, 0.29) is 39.6 Å². The Labute approximate surface area is 232 Å². The Morgan fingerprint density at radius 3 is 2.44 bits per heavy atom. The molecule has 1 aliphatic heterocycles. The number of nitrogens with zero attached hydrogens (tertiary/aromatic N) is 4. The summed E-state index contributed by atoms with van der Waals surface area (Å²) in [5.74, 6) is 0.214. The average molecular weight is 586 g/mol. The SMILES string of the molecule is NC(=O)[C@H]1CC[C@@H](n2c(Nc3c(Cl)cc(C(F)(F)F)cc3Cl)nc3cnc(NC4CCCOCC4)nc32)CC1. The van der Waals surface area contributed by atoms with Crippen LogP contribution in [-0.4, -0.2) is 44.7 Å². The van der Waals surface area contributed by atoms with Gasteiger partial charge in [0.15, 0.2) is 5.65 Å². The standard InChI is InChI=1S/C25H28Cl2F3N7O2/c26-17-10-14(25(28,29)30)11-18(27)20(17)35-24-34-19-12-32-23(33-15-2-1-8-39-9-7-15)36-22(19)37(24)16-5-3-13(4-6-16)21(31)38/h10-13,15-16H,1-9H2,(H2,31,38)(H,34,35)(H,32,33,36)/t13-,15?,16+. The van der Waals surface area contributed by atoms with Crippen molar-refractivity contribution in [2.45, 2.75) is 63.2 Å².